The molecule has 2 heterocycles. The summed E-state index contributed by atoms with van der Waals surface area (Å²) in [7, 11) is 0. The van der Waals surface area contributed by atoms with Gasteiger partial charge in [-0.2, -0.15) is 0 Å². The molecule has 3 aromatic carbocycles. The summed E-state index contributed by atoms with van der Waals surface area (Å²) in [6, 6.07) is 21.5. The molecule has 0 aliphatic carbocycles. The molecule has 0 radical (unpaired) electrons. The highest BCUT2D eigenvalue weighted by Crippen LogP contribution is 2.31. The number of fused-ring (bicyclic) bond motifs is 2. The third-order valence-corrected chi connectivity index (χ3v) is 6.23. The normalized spacial score (nSPS) is 12.8. The number of amides is 2. The van der Waals surface area contributed by atoms with Crippen LogP contribution in [0.15, 0.2) is 72.8 Å². The van der Waals surface area contributed by atoms with Gasteiger partial charge in [0, 0.05) is 28.7 Å². The van der Waals surface area contributed by atoms with Gasteiger partial charge in [0.2, 0.25) is 0 Å². The molecule has 0 saturated carbocycles. The fourth-order valence-corrected chi connectivity index (χ4v) is 4.61. The van der Waals surface area contributed by atoms with Crippen LogP contribution in [-0.2, 0) is 11.3 Å². The minimum Gasteiger partial charge on any atom is -0.425 e. The van der Waals surface area contributed by atoms with E-state index in [1.807, 2.05) is 43.3 Å². The molecule has 5 rings (SSSR count). The Bertz CT molecular complexity index is 1480. The Kier molecular flexibility index (Phi) is 5.53. The monoisotopic (exact) mass is 466 g/mol. The van der Waals surface area contributed by atoms with E-state index in [4.69, 9.17) is 4.74 Å². The van der Waals surface area contributed by atoms with Crippen LogP contribution in [0.5, 0.6) is 5.75 Å². The molecule has 1 aliphatic heterocycles. The smallest absolute Gasteiger partial charge is 0.331 e. The Morgan fingerprint density at radius 2 is 1.49 bits per heavy atom. The van der Waals surface area contributed by atoms with Crippen LogP contribution < -0.4 is 4.74 Å². The molecule has 174 valence electrons. The number of carbonyl (C=O) groups excluding carboxylic acids is 4. The molecule has 4 aromatic rings. The fourth-order valence-electron chi connectivity index (χ4n) is 4.61. The van der Waals surface area contributed by atoms with Gasteiger partial charge in [-0.25, -0.2) is 4.79 Å². The average molecular weight is 466 g/mol. The molecule has 1 aromatic heterocycles. The Morgan fingerprint density at radius 3 is 2.11 bits per heavy atom. The van der Waals surface area contributed by atoms with E-state index in [1.54, 1.807) is 36.4 Å². The average Bonchev–Trinajstić information content (AvgIpc) is 3.25. The van der Waals surface area contributed by atoms with Crippen molar-refractivity contribution >= 4 is 34.5 Å². The zero-order valence-corrected chi connectivity index (χ0v) is 19.3. The van der Waals surface area contributed by atoms with E-state index < -0.39 is 24.3 Å². The van der Waals surface area contributed by atoms with Gasteiger partial charge in [-0.3, -0.25) is 19.3 Å². The molecule has 0 unspecified atom stereocenters. The maximum atomic E-state index is 12.6. The Balaban J connectivity index is 1.41. The standard InChI is InChI=1S/C28H22N2O5/c1-17-26(18(2)31)23-14-20(12-13-24(23)29(17)15-19-8-4-3-5-9-19)35-25(32)16-30-27(33)21-10-6-7-11-22(21)28(30)34/h3-14H,15-16H2,1-2H3. The van der Waals surface area contributed by atoms with Crippen molar-refractivity contribution in [3.8, 4) is 5.75 Å². The molecule has 1 aliphatic rings. The SMILES string of the molecule is CC(=O)c1c(C)n(Cc2ccccc2)c2ccc(OC(=O)CN3C(=O)c4ccccc4C3=O)cc12. The number of benzene rings is 3. The summed E-state index contributed by atoms with van der Waals surface area (Å²) in [6.45, 7) is 3.50. The quantitative estimate of drug-likeness (QED) is 0.182. The summed E-state index contributed by atoms with van der Waals surface area (Å²) in [5, 5.41) is 0.678. The summed E-state index contributed by atoms with van der Waals surface area (Å²) in [5.41, 5.74) is 3.87. The summed E-state index contributed by atoms with van der Waals surface area (Å²) in [6.07, 6.45) is 0. The maximum Gasteiger partial charge on any atom is 0.331 e. The third kappa shape index (κ3) is 3.91. The van der Waals surface area contributed by atoms with Gasteiger partial charge in [-0.15, -0.1) is 0 Å². The number of ketones is 1. The summed E-state index contributed by atoms with van der Waals surface area (Å²) < 4.78 is 7.54. The van der Waals surface area contributed by atoms with E-state index in [0.29, 0.717) is 17.5 Å². The minimum atomic E-state index is -0.747. The number of hydrogen-bond donors (Lipinski definition) is 0. The Morgan fingerprint density at radius 1 is 0.857 bits per heavy atom. The number of Topliss-reactive ketones (excluding diaryl/α,β-unsaturated/α-hetero) is 1. The van der Waals surface area contributed by atoms with Crippen molar-refractivity contribution in [1.29, 1.82) is 0 Å². The second-order valence-electron chi connectivity index (χ2n) is 8.48. The summed E-state index contributed by atoms with van der Waals surface area (Å²) in [5.74, 6) is -1.65. The highest BCUT2D eigenvalue weighted by Gasteiger charge is 2.36. The Hall–Kier alpha value is -4.52. The molecule has 0 saturated heterocycles. The van der Waals surface area contributed by atoms with Crippen LogP contribution in [0.3, 0.4) is 0 Å². The van der Waals surface area contributed by atoms with Crippen LogP contribution in [0, 0.1) is 6.92 Å². The molecule has 35 heavy (non-hydrogen) atoms. The van der Waals surface area contributed by atoms with Crippen molar-refractivity contribution in [2.45, 2.75) is 20.4 Å². The van der Waals surface area contributed by atoms with E-state index in [9.17, 15) is 19.2 Å². The second kappa shape index (κ2) is 8.68. The lowest BCUT2D eigenvalue weighted by Crippen LogP contribution is -2.36. The number of rotatable bonds is 6. The molecule has 0 spiro atoms. The highest BCUT2D eigenvalue weighted by atomic mass is 16.5. The topological polar surface area (TPSA) is 85.7 Å². The largest absolute Gasteiger partial charge is 0.425 e. The number of ether oxygens (including phenoxy) is 1. The first kappa shape index (κ1) is 22.3. The molecule has 0 N–H and O–H groups in total. The number of hydrogen-bond acceptors (Lipinski definition) is 5. The van der Waals surface area contributed by atoms with Crippen molar-refractivity contribution in [2.75, 3.05) is 6.54 Å². The predicted molar refractivity (Wildman–Crippen MR) is 130 cm³/mol. The fraction of sp³-hybridized carbons (Fsp3) is 0.143. The predicted octanol–water partition coefficient (Wildman–Crippen LogP) is 4.40. The van der Waals surface area contributed by atoms with Gasteiger partial charge in [-0.05, 0) is 49.7 Å². The van der Waals surface area contributed by atoms with Crippen LogP contribution in [0.25, 0.3) is 10.9 Å². The van der Waals surface area contributed by atoms with E-state index in [1.165, 1.54) is 6.92 Å². The van der Waals surface area contributed by atoms with Gasteiger partial charge in [0.15, 0.2) is 5.78 Å². The number of carbonyl (C=O) groups is 4. The van der Waals surface area contributed by atoms with Crippen molar-refractivity contribution in [2.24, 2.45) is 0 Å². The molecular formula is C28H22N2O5. The van der Waals surface area contributed by atoms with E-state index in [2.05, 4.69) is 4.57 Å². The molecule has 0 atom stereocenters. The Labute approximate surface area is 201 Å². The molecule has 0 fully saturated rings. The number of esters is 1. The van der Waals surface area contributed by atoms with E-state index in [-0.39, 0.29) is 22.7 Å². The maximum absolute atomic E-state index is 12.6. The zero-order valence-electron chi connectivity index (χ0n) is 19.3. The molecule has 7 nitrogen and oxygen atoms in total. The lowest BCUT2D eigenvalue weighted by atomic mass is 10.1. The van der Waals surface area contributed by atoms with Crippen molar-refractivity contribution in [3.05, 3.63) is 101 Å². The first-order valence-corrected chi connectivity index (χ1v) is 11.2. The minimum absolute atomic E-state index is 0.0891. The zero-order chi connectivity index (χ0) is 24.7. The number of nitrogens with zero attached hydrogens (tertiary/aromatic N) is 2. The van der Waals surface area contributed by atoms with Gasteiger partial charge in [0.25, 0.3) is 11.8 Å². The van der Waals surface area contributed by atoms with Crippen LogP contribution in [-0.4, -0.2) is 39.6 Å². The van der Waals surface area contributed by atoms with Crippen LogP contribution >= 0.6 is 0 Å². The van der Waals surface area contributed by atoms with Crippen LogP contribution in [0.2, 0.25) is 0 Å². The summed E-state index contributed by atoms with van der Waals surface area (Å²) in [4.78, 5) is 51.1. The first-order valence-electron chi connectivity index (χ1n) is 11.2. The lowest BCUT2D eigenvalue weighted by Gasteiger charge is -2.13. The molecule has 7 heteroatoms. The molecular weight excluding hydrogens is 444 g/mol. The second-order valence-corrected chi connectivity index (χ2v) is 8.48. The van der Waals surface area contributed by atoms with Crippen molar-refractivity contribution in [3.63, 3.8) is 0 Å². The van der Waals surface area contributed by atoms with Gasteiger partial charge in [0.05, 0.1) is 11.1 Å². The lowest BCUT2D eigenvalue weighted by molar-refractivity contribution is -0.134. The number of imide groups is 1. The van der Waals surface area contributed by atoms with Crippen molar-refractivity contribution < 1.29 is 23.9 Å². The van der Waals surface area contributed by atoms with Gasteiger partial charge in [-0.1, -0.05) is 42.5 Å². The van der Waals surface area contributed by atoms with Gasteiger partial charge >= 0.3 is 5.97 Å². The highest BCUT2D eigenvalue weighted by molar-refractivity contribution is 6.22. The summed E-state index contributed by atoms with van der Waals surface area (Å²) >= 11 is 0. The molecule has 0 bridgehead atoms. The first-order chi connectivity index (χ1) is 16.8. The number of aromatic nitrogens is 1. The van der Waals surface area contributed by atoms with E-state index in [0.717, 1.165) is 21.7 Å². The van der Waals surface area contributed by atoms with Crippen LogP contribution in [0.4, 0.5) is 0 Å². The third-order valence-electron chi connectivity index (χ3n) is 6.23. The van der Waals surface area contributed by atoms with Gasteiger partial charge < -0.3 is 9.30 Å². The van der Waals surface area contributed by atoms with Gasteiger partial charge in [0.1, 0.15) is 12.3 Å². The van der Waals surface area contributed by atoms with Crippen LogP contribution in [0.1, 0.15) is 49.3 Å². The van der Waals surface area contributed by atoms with Crippen molar-refractivity contribution in [1.82, 2.24) is 9.47 Å². The molecule has 2 amide bonds. The van der Waals surface area contributed by atoms with E-state index >= 15 is 0 Å².